The summed E-state index contributed by atoms with van der Waals surface area (Å²) in [5.41, 5.74) is -0.410. The van der Waals surface area contributed by atoms with Crippen LogP contribution in [0.5, 0.6) is 0 Å². The highest BCUT2D eigenvalue weighted by atomic mass is 16.5. The Hall–Kier alpha value is -2.78. The number of Topliss-reactive ketones (excluding diaryl/α,β-unsaturated/α-hetero) is 1. The molecule has 218 valence electrons. The predicted molar refractivity (Wildman–Crippen MR) is 146 cm³/mol. The highest BCUT2D eigenvalue weighted by molar-refractivity contribution is 6.26. The van der Waals surface area contributed by atoms with Gasteiger partial charge >= 0.3 is 5.97 Å². The second kappa shape index (κ2) is 14.0. The minimum Gasteiger partial charge on any atom is -0.461 e. The number of carbonyl (C=O) groups excluding carboxylic acids is 5. The molecule has 39 heavy (non-hydrogen) atoms. The van der Waals surface area contributed by atoms with Crippen LogP contribution in [0.4, 0.5) is 0 Å². The van der Waals surface area contributed by atoms with Gasteiger partial charge in [-0.3, -0.25) is 19.2 Å². The van der Waals surface area contributed by atoms with E-state index in [0.29, 0.717) is 50.0 Å². The normalized spacial score (nSPS) is 26.4. The quantitative estimate of drug-likeness (QED) is 0.133. The molecule has 4 saturated carbocycles. The third-order valence-electron chi connectivity index (χ3n) is 8.47. The average Bonchev–Trinajstić information content (AvgIpc) is 2.85. The second-order valence-corrected chi connectivity index (χ2v) is 12.3. The SMILES string of the molecule is CC(=O)NCCCC[C@H](NC(=O)C12CC3CC(CC(C3)C1)C2)C(=O)N[C@@H](CCCC(=O)C=N)C(=O)OC(C)C. The maximum atomic E-state index is 13.7. The van der Waals surface area contributed by atoms with E-state index in [1.165, 1.54) is 26.2 Å². The lowest BCUT2D eigenvalue weighted by Crippen LogP contribution is -2.58. The molecule has 0 aromatic carbocycles. The fourth-order valence-corrected chi connectivity index (χ4v) is 7.10. The first kappa shape index (κ1) is 30.8. The van der Waals surface area contributed by atoms with Crippen LogP contribution in [0.3, 0.4) is 0 Å². The number of ether oxygens (including phenoxy) is 1. The van der Waals surface area contributed by atoms with Gasteiger partial charge in [-0.15, -0.1) is 0 Å². The Bertz CT molecular complexity index is 897. The molecule has 2 atom stereocenters. The van der Waals surface area contributed by atoms with Gasteiger partial charge in [0.25, 0.3) is 0 Å². The molecule has 0 heterocycles. The second-order valence-electron chi connectivity index (χ2n) is 12.3. The lowest BCUT2D eigenvalue weighted by molar-refractivity contribution is -0.152. The number of esters is 1. The number of carbonyl (C=O) groups is 5. The molecular formula is C29H46N4O6. The Morgan fingerprint density at radius 1 is 0.897 bits per heavy atom. The van der Waals surface area contributed by atoms with Crippen molar-refractivity contribution >= 4 is 35.7 Å². The standard InChI is InChI=1S/C29H46N4O6/c1-18(2)39-27(37)25(9-6-7-23(35)17-30)32-26(36)24(8-4-5-10-31-19(3)34)33-28(38)29-14-20-11-21(15-29)13-22(12-20)16-29/h17-18,20-22,24-25,30H,4-16H2,1-3H3,(H,31,34)(H,32,36)(H,33,38)/t20?,21?,22?,24-,25-,29?/m0/s1. The Kier molecular flexibility index (Phi) is 11.1. The lowest BCUT2D eigenvalue weighted by Gasteiger charge is -2.55. The number of hydrogen-bond acceptors (Lipinski definition) is 7. The third kappa shape index (κ3) is 8.86. The highest BCUT2D eigenvalue weighted by Crippen LogP contribution is 2.60. The first-order valence-corrected chi connectivity index (χ1v) is 14.6. The summed E-state index contributed by atoms with van der Waals surface area (Å²) in [4.78, 5) is 62.8. The minimum atomic E-state index is -0.961. The molecule has 4 N–H and O–H groups in total. The maximum absolute atomic E-state index is 13.7. The van der Waals surface area contributed by atoms with Gasteiger partial charge in [0.05, 0.1) is 12.3 Å². The Balaban J connectivity index is 1.68. The van der Waals surface area contributed by atoms with E-state index in [1.807, 2.05) is 0 Å². The van der Waals surface area contributed by atoms with Gasteiger partial charge in [0.2, 0.25) is 17.7 Å². The summed E-state index contributed by atoms with van der Waals surface area (Å²) >= 11 is 0. The highest BCUT2D eigenvalue weighted by Gasteiger charge is 2.55. The van der Waals surface area contributed by atoms with Crippen LogP contribution in [0.15, 0.2) is 0 Å². The predicted octanol–water partition coefficient (Wildman–Crippen LogP) is 2.82. The van der Waals surface area contributed by atoms with Crippen LogP contribution in [-0.2, 0) is 28.7 Å². The van der Waals surface area contributed by atoms with Crippen molar-refractivity contribution in [2.24, 2.45) is 23.2 Å². The van der Waals surface area contributed by atoms with Crippen molar-refractivity contribution in [3.63, 3.8) is 0 Å². The number of nitrogens with one attached hydrogen (secondary N) is 4. The van der Waals surface area contributed by atoms with Crippen LogP contribution in [0.25, 0.3) is 0 Å². The van der Waals surface area contributed by atoms with Crippen molar-refractivity contribution in [3.8, 4) is 0 Å². The van der Waals surface area contributed by atoms with Crippen LogP contribution >= 0.6 is 0 Å². The zero-order valence-corrected chi connectivity index (χ0v) is 23.7. The number of unbranched alkanes of at least 4 members (excludes halogenated alkanes) is 1. The molecule has 0 aromatic heterocycles. The number of hydrogen-bond donors (Lipinski definition) is 4. The molecule has 0 radical (unpaired) electrons. The zero-order chi connectivity index (χ0) is 28.6. The van der Waals surface area contributed by atoms with E-state index in [0.717, 1.165) is 25.5 Å². The Morgan fingerprint density at radius 3 is 2.03 bits per heavy atom. The number of amides is 3. The molecule has 0 aromatic rings. The van der Waals surface area contributed by atoms with Gasteiger partial charge in [-0.1, -0.05) is 0 Å². The topological polar surface area (TPSA) is 155 Å². The molecular weight excluding hydrogens is 500 g/mol. The van der Waals surface area contributed by atoms with Gasteiger partial charge in [0.15, 0.2) is 5.78 Å². The Morgan fingerprint density at radius 2 is 1.49 bits per heavy atom. The van der Waals surface area contributed by atoms with Gasteiger partial charge in [-0.2, -0.15) is 0 Å². The zero-order valence-electron chi connectivity index (χ0n) is 23.7. The van der Waals surface area contributed by atoms with Gasteiger partial charge in [-0.05, 0) is 102 Å². The van der Waals surface area contributed by atoms with Gasteiger partial charge in [-0.25, -0.2) is 4.79 Å². The average molecular weight is 547 g/mol. The molecule has 4 rings (SSSR count). The lowest BCUT2D eigenvalue weighted by atomic mass is 9.49. The van der Waals surface area contributed by atoms with E-state index in [-0.39, 0.29) is 36.5 Å². The number of rotatable bonds is 16. The summed E-state index contributed by atoms with van der Waals surface area (Å²) in [6, 6.07) is -1.78. The van der Waals surface area contributed by atoms with Gasteiger partial charge < -0.3 is 26.1 Å². The molecule has 4 fully saturated rings. The molecule has 0 unspecified atom stereocenters. The Labute approximate surface area is 231 Å². The van der Waals surface area contributed by atoms with Crippen molar-refractivity contribution in [2.75, 3.05) is 6.54 Å². The summed E-state index contributed by atoms with van der Waals surface area (Å²) < 4.78 is 5.35. The summed E-state index contributed by atoms with van der Waals surface area (Å²) in [6.07, 6.45) is 8.88. The van der Waals surface area contributed by atoms with Crippen molar-refractivity contribution in [1.29, 1.82) is 5.41 Å². The maximum Gasteiger partial charge on any atom is 0.328 e. The van der Waals surface area contributed by atoms with Crippen LogP contribution in [0, 0.1) is 28.6 Å². The summed E-state index contributed by atoms with van der Waals surface area (Å²) in [6.45, 7) is 5.38. The van der Waals surface area contributed by atoms with Crippen molar-refractivity contribution < 1.29 is 28.7 Å². The molecule has 4 bridgehead atoms. The van der Waals surface area contributed by atoms with Crippen molar-refractivity contribution in [2.45, 2.75) is 116 Å². The van der Waals surface area contributed by atoms with Crippen LogP contribution in [0.2, 0.25) is 0 Å². The first-order chi connectivity index (χ1) is 18.5. The fraction of sp³-hybridized carbons (Fsp3) is 0.793. The van der Waals surface area contributed by atoms with Crippen molar-refractivity contribution in [3.05, 3.63) is 0 Å². The van der Waals surface area contributed by atoms with E-state index in [9.17, 15) is 24.0 Å². The molecule has 10 heteroatoms. The van der Waals surface area contributed by atoms with E-state index in [1.54, 1.807) is 13.8 Å². The van der Waals surface area contributed by atoms with Gasteiger partial charge in [0.1, 0.15) is 12.1 Å². The van der Waals surface area contributed by atoms with Gasteiger partial charge in [0, 0.05) is 25.3 Å². The molecule has 10 nitrogen and oxygen atoms in total. The monoisotopic (exact) mass is 546 g/mol. The summed E-state index contributed by atoms with van der Waals surface area (Å²) in [7, 11) is 0. The summed E-state index contributed by atoms with van der Waals surface area (Å²) in [5.74, 6) is 0.211. The smallest absolute Gasteiger partial charge is 0.328 e. The van der Waals surface area contributed by atoms with E-state index >= 15 is 0 Å². The molecule has 0 spiro atoms. The molecule has 3 amide bonds. The summed E-state index contributed by atoms with van der Waals surface area (Å²) in [5, 5.41) is 15.7. The van der Waals surface area contributed by atoms with Crippen molar-refractivity contribution in [1.82, 2.24) is 16.0 Å². The molecule has 4 aliphatic carbocycles. The van der Waals surface area contributed by atoms with E-state index in [2.05, 4.69) is 16.0 Å². The number of ketones is 1. The minimum absolute atomic E-state index is 0.0542. The molecule has 0 saturated heterocycles. The largest absolute Gasteiger partial charge is 0.461 e. The first-order valence-electron chi connectivity index (χ1n) is 14.6. The van der Waals surface area contributed by atoms with Crippen LogP contribution in [-0.4, -0.2) is 60.4 Å². The van der Waals surface area contributed by atoms with Crippen LogP contribution < -0.4 is 16.0 Å². The van der Waals surface area contributed by atoms with E-state index in [4.69, 9.17) is 10.1 Å². The van der Waals surface area contributed by atoms with E-state index < -0.39 is 29.4 Å². The van der Waals surface area contributed by atoms with Crippen LogP contribution in [0.1, 0.15) is 97.8 Å². The molecule has 4 aliphatic rings. The third-order valence-corrected chi connectivity index (χ3v) is 8.47. The molecule has 0 aliphatic heterocycles. The fourth-order valence-electron chi connectivity index (χ4n) is 7.10.